The van der Waals surface area contributed by atoms with Gasteiger partial charge in [0.1, 0.15) is 24.9 Å². The van der Waals surface area contributed by atoms with Crippen molar-refractivity contribution in [3.8, 4) is 23.0 Å². The molecule has 232 valence electrons. The monoisotopic (exact) mass is 617 g/mol. The fraction of sp³-hybridized carbons (Fsp3) is 0.242. The van der Waals surface area contributed by atoms with Crippen molar-refractivity contribution in [3.05, 3.63) is 102 Å². The van der Waals surface area contributed by atoms with Crippen LogP contribution in [0, 0.1) is 0 Å². The number of halogens is 3. The summed E-state index contributed by atoms with van der Waals surface area (Å²) in [5, 5.41) is 14.7. The van der Waals surface area contributed by atoms with E-state index in [9.17, 15) is 23.1 Å². The molecule has 0 saturated carbocycles. The van der Waals surface area contributed by atoms with E-state index < -0.39 is 24.9 Å². The molecule has 0 unspecified atom stereocenters. The molecule has 45 heavy (non-hydrogen) atoms. The van der Waals surface area contributed by atoms with Crippen molar-refractivity contribution >= 4 is 22.7 Å². The van der Waals surface area contributed by atoms with Gasteiger partial charge in [-0.3, -0.25) is 4.68 Å². The highest BCUT2D eigenvalue weighted by Crippen LogP contribution is 2.38. The summed E-state index contributed by atoms with van der Waals surface area (Å²) in [7, 11) is 1.72. The van der Waals surface area contributed by atoms with Crippen LogP contribution in [0.3, 0.4) is 0 Å². The normalized spacial score (nSPS) is 15.3. The molecule has 6 rings (SSSR count). The van der Waals surface area contributed by atoms with E-state index in [1.54, 1.807) is 36.0 Å². The summed E-state index contributed by atoms with van der Waals surface area (Å²) in [6.07, 6.45) is -5.99. The number of carbonyl (C=O) groups is 1. The van der Waals surface area contributed by atoms with E-state index >= 15 is 0 Å². The Morgan fingerprint density at radius 3 is 2.22 bits per heavy atom. The van der Waals surface area contributed by atoms with Crippen molar-refractivity contribution in [1.29, 1.82) is 0 Å². The van der Waals surface area contributed by atoms with Crippen LogP contribution in [-0.4, -0.2) is 62.7 Å². The molecule has 1 saturated heterocycles. The highest BCUT2D eigenvalue weighted by Gasteiger charge is 2.47. The number of anilines is 1. The lowest BCUT2D eigenvalue weighted by Gasteiger charge is -2.42. The minimum absolute atomic E-state index is 0.0386. The van der Waals surface area contributed by atoms with Crippen LogP contribution in [0.4, 0.5) is 23.7 Å². The lowest BCUT2D eigenvalue weighted by Crippen LogP contribution is -2.60. The van der Waals surface area contributed by atoms with Gasteiger partial charge in [0, 0.05) is 37.3 Å². The number of ether oxygens (including phenoxy) is 2. The first-order valence-corrected chi connectivity index (χ1v) is 14.3. The number of pyridine rings is 1. The van der Waals surface area contributed by atoms with E-state index in [2.05, 4.69) is 4.98 Å². The topological polar surface area (TPSA) is 93.0 Å². The molecule has 1 N–H and O–H groups in total. The molecule has 3 aromatic carbocycles. The van der Waals surface area contributed by atoms with Crippen LogP contribution in [0.25, 0.3) is 22.2 Å². The summed E-state index contributed by atoms with van der Waals surface area (Å²) >= 11 is 0. The van der Waals surface area contributed by atoms with Crippen LogP contribution in [-0.2, 0) is 20.3 Å². The maximum Gasteiger partial charge on any atom is 0.410 e. The molecule has 1 aliphatic rings. The minimum atomic E-state index is -4.62. The summed E-state index contributed by atoms with van der Waals surface area (Å²) in [6, 6.07) is 25.9. The van der Waals surface area contributed by atoms with Gasteiger partial charge in [-0.25, -0.2) is 4.79 Å². The van der Waals surface area contributed by atoms with E-state index in [0.29, 0.717) is 46.2 Å². The first kappa shape index (κ1) is 29.8. The summed E-state index contributed by atoms with van der Waals surface area (Å²) in [4.78, 5) is 18.1. The molecule has 1 fully saturated rings. The number of hydrogen-bond acceptors (Lipinski definition) is 6. The van der Waals surface area contributed by atoms with Crippen molar-refractivity contribution in [2.24, 2.45) is 7.05 Å². The van der Waals surface area contributed by atoms with Crippen LogP contribution in [0.1, 0.15) is 11.1 Å². The molecule has 0 bridgehead atoms. The second kappa shape index (κ2) is 12.4. The Bertz CT molecular complexity index is 1800. The van der Waals surface area contributed by atoms with Crippen LogP contribution >= 0.6 is 0 Å². The van der Waals surface area contributed by atoms with Crippen molar-refractivity contribution in [2.75, 3.05) is 24.5 Å². The largest absolute Gasteiger partial charge is 0.473 e. The molecule has 5 aromatic rings. The number of hydrogen-bond donors (Lipinski definition) is 1. The van der Waals surface area contributed by atoms with Gasteiger partial charge in [0.25, 0.3) is 0 Å². The highest BCUT2D eigenvalue weighted by molar-refractivity contribution is 5.96. The lowest BCUT2D eigenvalue weighted by molar-refractivity contribution is -0.155. The van der Waals surface area contributed by atoms with Crippen LogP contribution < -0.4 is 14.4 Å². The van der Waals surface area contributed by atoms with E-state index in [0.717, 1.165) is 16.0 Å². The Hall–Kier alpha value is -5.26. The predicted octanol–water partition coefficient (Wildman–Crippen LogP) is 6.52. The van der Waals surface area contributed by atoms with Crippen molar-refractivity contribution in [1.82, 2.24) is 19.7 Å². The molecule has 0 aliphatic carbocycles. The van der Waals surface area contributed by atoms with Gasteiger partial charge in [-0.15, -0.1) is 0 Å². The first-order valence-electron chi connectivity index (χ1n) is 14.3. The molecule has 1 aliphatic heterocycles. The van der Waals surface area contributed by atoms with Gasteiger partial charge in [-0.1, -0.05) is 60.7 Å². The van der Waals surface area contributed by atoms with Crippen molar-refractivity contribution < 1.29 is 32.5 Å². The fourth-order valence-electron chi connectivity index (χ4n) is 5.42. The maximum atomic E-state index is 14.0. The molecule has 1 amide bonds. The number of rotatable bonds is 8. The number of fused-ring (bicyclic) bond motifs is 1. The van der Waals surface area contributed by atoms with Crippen molar-refractivity contribution in [3.63, 3.8) is 0 Å². The third-order valence-corrected chi connectivity index (χ3v) is 7.73. The number of carboxylic acid groups (broad SMARTS) is 1. The number of piperazine rings is 1. The van der Waals surface area contributed by atoms with Gasteiger partial charge < -0.3 is 24.4 Å². The number of aryl methyl sites for hydroxylation is 1. The zero-order valence-corrected chi connectivity index (χ0v) is 24.3. The molecular weight excluding hydrogens is 587 g/mol. The molecule has 1 atom stereocenters. The second-order valence-corrected chi connectivity index (χ2v) is 10.7. The van der Waals surface area contributed by atoms with Crippen molar-refractivity contribution in [2.45, 2.75) is 25.4 Å². The maximum absolute atomic E-state index is 14.0. The third-order valence-electron chi connectivity index (χ3n) is 7.73. The van der Waals surface area contributed by atoms with Crippen LogP contribution in [0.15, 0.2) is 91.0 Å². The van der Waals surface area contributed by atoms with Gasteiger partial charge >= 0.3 is 12.3 Å². The number of amides is 1. The Morgan fingerprint density at radius 2 is 1.58 bits per heavy atom. The van der Waals surface area contributed by atoms with Gasteiger partial charge in [0.05, 0.1) is 17.6 Å². The third kappa shape index (κ3) is 6.49. The number of nitrogens with zero attached hydrogens (tertiary/aromatic N) is 5. The van der Waals surface area contributed by atoms with Crippen LogP contribution in [0.2, 0.25) is 0 Å². The van der Waals surface area contributed by atoms with E-state index in [1.165, 1.54) is 4.90 Å². The molecule has 2 aromatic heterocycles. The van der Waals surface area contributed by atoms with E-state index in [1.807, 2.05) is 66.7 Å². The molecular formula is C33H30F3N5O4. The molecule has 12 heteroatoms. The highest BCUT2D eigenvalue weighted by atomic mass is 19.4. The Labute approximate surface area is 257 Å². The average Bonchev–Trinajstić information content (AvgIpc) is 3.38. The average molecular weight is 618 g/mol. The smallest absolute Gasteiger partial charge is 0.410 e. The van der Waals surface area contributed by atoms with Gasteiger partial charge in [-0.2, -0.15) is 23.3 Å². The zero-order valence-electron chi connectivity index (χ0n) is 24.3. The Balaban J connectivity index is 1.34. The standard InChI is InChI=1S/C33H30F3N5O4/c1-39-27-18-24(41-17-16-40(32(42)43)19-28(41)33(34,35)36)12-13-25(27)30(38-39)26-14-15-29(44-20-22-8-4-2-5-9-22)37-31(26)45-21-23-10-6-3-7-11-23/h2-15,18,28H,16-17,19-21H2,1H3,(H,42,43)/t28-/m1/s1. The number of benzene rings is 3. The Kier molecular flexibility index (Phi) is 8.20. The number of alkyl halides is 3. The predicted molar refractivity (Wildman–Crippen MR) is 162 cm³/mol. The molecule has 0 radical (unpaired) electrons. The van der Waals surface area contributed by atoms with Gasteiger partial charge in [0.2, 0.25) is 11.8 Å². The van der Waals surface area contributed by atoms with E-state index in [-0.39, 0.29) is 19.7 Å². The molecule has 3 heterocycles. The summed E-state index contributed by atoms with van der Waals surface area (Å²) in [5.74, 6) is 0.669. The quantitative estimate of drug-likeness (QED) is 0.212. The number of aromatic nitrogens is 3. The minimum Gasteiger partial charge on any atom is -0.473 e. The molecule has 9 nitrogen and oxygen atoms in total. The van der Waals surface area contributed by atoms with E-state index in [4.69, 9.17) is 14.6 Å². The lowest BCUT2D eigenvalue weighted by atomic mass is 10.1. The first-order chi connectivity index (χ1) is 21.7. The van der Waals surface area contributed by atoms with Gasteiger partial charge in [0.15, 0.2) is 0 Å². The van der Waals surface area contributed by atoms with Crippen LogP contribution in [0.5, 0.6) is 11.8 Å². The fourth-order valence-corrected chi connectivity index (χ4v) is 5.42. The Morgan fingerprint density at radius 1 is 0.911 bits per heavy atom. The molecule has 0 spiro atoms. The summed E-state index contributed by atoms with van der Waals surface area (Å²) in [6.45, 7) is -0.235. The SMILES string of the molecule is Cn1nc(-c2ccc(OCc3ccccc3)nc2OCc2ccccc2)c2ccc(N3CCN(C(=O)O)C[C@@H]3C(F)(F)F)cc21. The van der Waals surface area contributed by atoms with Gasteiger partial charge in [-0.05, 0) is 35.4 Å². The summed E-state index contributed by atoms with van der Waals surface area (Å²) in [5.41, 5.74) is 4.00. The zero-order chi connectivity index (χ0) is 31.6. The second-order valence-electron chi connectivity index (χ2n) is 10.7. The summed E-state index contributed by atoms with van der Waals surface area (Å²) < 4.78 is 55.9.